The van der Waals surface area contributed by atoms with Crippen molar-refractivity contribution in [2.24, 2.45) is 0 Å². The van der Waals surface area contributed by atoms with Gasteiger partial charge < -0.3 is 4.18 Å². The molecule has 0 spiro atoms. The Morgan fingerprint density at radius 1 is 1.75 bits per heavy atom. The van der Waals surface area contributed by atoms with Crippen molar-refractivity contribution in [3.63, 3.8) is 0 Å². The molecule has 0 amide bonds. The predicted octanol–water partition coefficient (Wildman–Crippen LogP) is 1.96. The molecule has 8 heavy (non-hydrogen) atoms. The largest absolute Gasteiger partial charge is 0.314 e. The molecular weight excluding hydrogens is 120 g/mol. The fraction of sp³-hybridized carbons (Fsp3) is 0.667. The summed E-state index contributed by atoms with van der Waals surface area (Å²) >= 11 is 3.65. The molecule has 1 nitrogen and oxygen atoms in total. The monoisotopic (exact) mass is 130 g/mol. The van der Waals surface area contributed by atoms with Crippen LogP contribution in [0.3, 0.4) is 0 Å². The minimum Gasteiger partial charge on any atom is -0.314 e. The van der Waals surface area contributed by atoms with Gasteiger partial charge in [0.15, 0.2) is 0 Å². The first-order chi connectivity index (χ1) is 3.93. The fourth-order valence-electron chi connectivity index (χ4n) is 0.951. The maximum Gasteiger partial charge on any atom is 0.0821 e. The SMILES string of the molecule is SOCC1=CCCC1. The Bertz CT molecular complexity index is 98.7. The van der Waals surface area contributed by atoms with Gasteiger partial charge in [-0.2, -0.15) is 0 Å². The Morgan fingerprint density at radius 2 is 2.62 bits per heavy atom. The van der Waals surface area contributed by atoms with Crippen molar-refractivity contribution in [2.75, 3.05) is 6.61 Å². The van der Waals surface area contributed by atoms with Crippen LogP contribution < -0.4 is 0 Å². The number of thiol groups is 1. The van der Waals surface area contributed by atoms with Gasteiger partial charge in [0.2, 0.25) is 0 Å². The van der Waals surface area contributed by atoms with E-state index >= 15 is 0 Å². The van der Waals surface area contributed by atoms with Gasteiger partial charge in [0.1, 0.15) is 0 Å². The minimum absolute atomic E-state index is 0.711. The average Bonchev–Trinajstić information content (AvgIpc) is 2.19. The molecule has 0 saturated heterocycles. The van der Waals surface area contributed by atoms with E-state index < -0.39 is 0 Å². The zero-order valence-electron chi connectivity index (χ0n) is 4.76. The van der Waals surface area contributed by atoms with Crippen LogP contribution in [0.1, 0.15) is 19.3 Å². The van der Waals surface area contributed by atoms with E-state index in [0.29, 0.717) is 6.61 Å². The summed E-state index contributed by atoms with van der Waals surface area (Å²) in [6.45, 7) is 0.711. The molecule has 0 saturated carbocycles. The van der Waals surface area contributed by atoms with Gasteiger partial charge in [-0.3, -0.25) is 0 Å². The second-order valence-corrected chi connectivity index (χ2v) is 2.29. The van der Waals surface area contributed by atoms with Crippen LogP contribution in [0.5, 0.6) is 0 Å². The van der Waals surface area contributed by atoms with Gasteiger partial charge in [-0.1, -0.05) is 6.08 Å². The smallest absolute Gasteiger partial charge is 0.0821 e. The third-order valence-corrected chi connectivity index (χ3v) is 1.51. The van der Waals surface area contributed by atoms with Gasteiger partial charge in [0.05, 0.1) is 6.61 Å². The number of rotatable bonds is 2. The number of hydrogen-bond donors (Lipinski definition) is 1. The van der Waals surface area contributed by atoms with E-state index in [1.807, 2.05) is 0 Å². The molecule has 0 heterocycles. The lowest BCUT2D eigenvalue weighted by Gasteiger charge is -1.94. The molecule has 0 unspecified atom stereocenters. The third kappa shape index (κ3) is 1.53. The normalized spacial score (nSPS) is 18.9. The summed E-state index contributed by atoms with van der Waals surface area (Å²) in [5.74, 6) is 0. The van der Waals surface area contributed by atoms with E-state index in [1.165, 1.54) is 24.8 Å². The minimum atomic E-state index is 0.711. The van der Waals surface area contributed by atoms with Crippen LogP contribution in [-0.4, -0.2) is 6.61 Å². The summed E-state index contributed by atoms with van der Waals surface area (Å²) < 4.78 is 4.65. The highest BCUT2D eigenvalue weighted by atomic mass is 32.1. The maximum atomic E-state index is 4.65. The average molecular weight is 130 g/mol. The van der Waals surface area contributed by atoms with Gasteiger partial charge in [-0.15, -0.1) is 0 Å². The molecule has 2 heteroatoms. The Balaban J connectivity index is 2.23. The Morgan fingerprint density at radius 3 is 3.12 bits per heavy atom. The molecule has 0 aromatic carbocycles. The van der Waals surface area contributed by atoms with E-state index in [1.54, 1.807) is 0 Å². The second-order valence-electron chi connectivity index (χ2n) is 2.03. The Kier molecular flexibility index (Phi) is 2.43. The van der Waals surface area contributed by atoms with Crippen molar-refractivity contribution in [1.29, 1.82) is 0 Å². The van der Waals surface area contributed by atoms with Crippen LogP contribution in [-0.2, 0) is 4.18 Å². The van der Waals surface area contributed by atoms with Gasteiger partial charge >= 0.3 is 0 Å². The second kappa shape index (κ2) is 3.15. The summed E-state index contributed by atoms with van der Waals surface area (Å²) in [5.41, 5.74) is 1.40. The zero-order valence-corrected chi connectivity index (χ0v) is 5.66. The highest BCUT2D eigenvalue weighted by molar-refractivity contribution is 7.75. The Labute approximate surface area is 55.3 Å². The molecule has 1 aliphatic carbocycles. The van der Waals surface area contributed by atoms with Gasteiger partial charge in [-0.05, 0) is 37.7 Å². The van der Waals surface area contributed by atoms with Crippen molar-refractivity contribution in [3.05, 3.63) is 11.6 Å². The first-order valence-electron chi connectivity index (χ1n) is 2.88. The summed E-state index contributed by atoms with van der Waals surface area (Å²) in [6.07, 6.45) is 5.97. The first kappa shape index (κ1) is 6.17. The summed E-state index contributed by atoms with van der Waals surface area (Å²) in [5, 5.41) is 0. The standard InChI is InChI=1S/C6H10OS/c8-7-5-6-3-1-2-4-6/h3,8H,1-2,4-5H2. The molecule has 0 aromatic rings. The van der Waals surface area contributed by atoms with Crippen LogP contribution in [0.25, 0.3) is 0 Å². The summed E-state index contributed by atoms with van der Waals surface area (Å²) in [4.78, 5) is 0. The van der Waals surface area contributed by atoms with E-state index in [2.05, 4.69) is 23.2 Å². The molecule has 1 aliphatic rings. The van der Waals surface area contributed by atoms with Crippen molar-refractivity contribution in [1.82, 2.24) is 0 Å². The quantitative estimate of drug-likeness (QED) is 0.341. The third-order valence-electron chi connectivity index (χ3n) is 1.38. The molecule has 1 rings (SSSR count). The first-order valence-corrected chi connectivity index (χ1v) is 3.24. The molecule has 0 N–H and O–H groups in total. The van der Waals surface area contributed by atoms with Crippen molar-refractivity contribution >= 4 is 12.9 Å². The lowest BCUT2D eigenvalue weighted by molar-refractivity contribution is 0.420. The molecular formula is C6H10OS. The lowest BCUT2D eigenvalue weighted by Crippen LogP contribution is -1.85. The van der Waals surface area contributed by atoms with Crippen molar-refractivity contribution < 1.29 is 4.18 Å². The van der Waals surface area contributed by atoms with E-state index in [9.17, 15) is 0 Å². The van der Waals surface area contributed by atoms with E-state index in [4.69, 9.17) is 0 Å². The van der Waals surface area contributed by atoms with E-state index in [-0.39, 0.29) is 0 Å². The van der Waals surface area contributed by atoms with Gasteiger partial charge in [0.25, 0.3) is 0 Å². The summed E-state index contributed by atoms with van der Waals surface area (Å²) in [7, 11) is 0. The van der Waals surface area contributed by atoms with Crippen LogP contribution in [0.15, 0.2) is 11.6 Å². The Hall–Kier alpha value is 0.0500. The predicted molar refractivity (Wildman–Crippen MR) is 36.9 cm³/mol. The summed E-state index contributed by atoms with van der Waals surface area (Å²) in [6, 6.07) is 0. The van der Waals surface area contributed by atoms with Gasteiger partial charge in [-0.25, -0.2) is 0 Å². The molecule has 0 radical (unpaired) electrons. The van der Waals surface area contributed by atoms with Crippen LogP contribution in [0.2, 0.25) is 0 Å². The zero-order chi connectivity index (χ0) is 5.82. The fourth-order valence-corrected chi connectivity index (χ4v) is 1.12. The maximum absolute atomic E-state index is 4.65. The molecule has 46 valence electrons. The van der Waals surface area contributed by atoms with Crippen LogP contribution in [0.4, 0.5) is 0 Å². The highest BCUT2D eigenvalue weighted by Crippen LogP contribution is 2.17. The number of hydrogen-bond acceptors (Lipinski definition) is 2. The van der Waals surface area contributed by atoms with Crippen LogP contribution in [0, 0.1) is 0 Å². The molecule has 0 bridgehead atoms. The van der Waals surface area contributed by atoms with E-state index in [0.717, 1.165) is 0 Å². The molecule has 0 atom stereocenters. The lowest BCUT2D eigenvalue weighted by atomic mass is 10.2. The molecule has 0 aliphatic heterocycles. The van der Waals surface area contributed by atoms with Crippen molar-refractivity contribution in [2.45, 2.75) is 19.3 Å². The molecule has 0 fully saturated rings. The topological polar surface area (TPSA) is 9.23 Å². The van der Waals surface area contributed by atoms with Gasteiger partial charge in [0, 0.05) is 0 Å². The molecule has 0 aromatic heterocycles. The van der Waals surface area contributed by atoms with Crippen LogP contribution >= 0.6 is 12.9 Å². The highest BCUT2D eigenvalue weighted by Gasteiger charge is 2.02. The van der Waals surface area contributed by atoms with Crippen molar-refractivity contribution in [3.8, 4) is 0 Å². The number of allylic oxidation sites excluding steroid dienone is 1.